The van der Waals surface area contributed by atoms with E-state index in [0.717, 1.165) is 38.1 Å². The van der Waals surface area contributed by atoms with Crippen LogP contribution in [0.2, 0.25) is 0 Å². The van der Waals surface area contributed by atoms with Gasteiger partial charge in [0, 0.05) is 36.5 Å². The Balaban J connectivity index is 1.84. The highest BCUT2D eigenvalue weighted by molar-refractivity contribution is 6.05. The van der Waals surface area contributed by atoms with Crippen LogP contribution >= 0.6 is 0 Å². The van der Waals surface area contributed by atoms with Crippen LogP contribution in [0.25, 0.3) is 0 Å². The summed E-state index contributed by atoms with van der Waals surface area (Å²) >= 11 is 0. The standard InChI is InChI=1S/C19H19F2N3O3/c1-12-4-6-23(7-5-12)17-3-2-13(8-18(17)24(26)27)19(25)22-16-10-14(20)9-15(21)11-16/h2-3,8-12H,4-7H2,1H3,(H,22,25). The Morgan fingerprint density at radius 2 is 1.78 bits per heavy atom. The van der Waals surface area contributed by atoms with Crippen LogP contribution in [-0.2, 0) is 0 Å². The fraction of sp³-hybridized carbons (Fsp3) is 0.316. The van der Waals surface area contributed by atoms with Gasteiger partial charge in [-0.1, -0.05) is 6.92 Å². The Labute approximate surface area is 154 Å². The van der Waals surface area contributed by atoms with E-state index in [0.29, 0.717) is 17.7 Å². The number of piperidine rings is 1. The minimum absolute atomic E-state index is 0.0421. The highest BCUT2D eigenvalue weighted by Crippen LogP contribution is 2.32. The molecule has 1 N–H and O–H groups in total. The van der Waals surface area contributed by atoms with E-state index < -0.39 is 22.5 Å². The maximum atomic E-state index is 13.3. The fourth-order valence-electron chi connectivity index (χ4n) is 3.16. The van der Waals surface area contributed by atoms with Gasteiger partial charge in [-0.15, -0.1) is 0 Å². The van der Waals surface area contributed by atoms with E-state index in [4.69, 9.17) is 0 Å². The predicted octanol–water partition coefficient (Wildman–Crippen LogP) is 4.36. The van der Waals surface area contributed by atoms with Crippen molar-refractivity contribution in [2.75, 3.05) is 23.3 Å². The summed E-state index contributed by atoms with van der Waals surface area (Å²) in [6, 6.07) is 6.85. The van der Waals surface area contributed by atoms with Gasteiger partial charge in [0.25, 0.3) is 11.6 Å². The number of rotatable bonds is 4. The van der Waals surface area contributed by atoms with Crippen molar-refractivity contribution in [3.05, 3.63) is 63.7 Å². The lowest BCUT2D eigenvalue weighted by Gasteiger charge is -2.31. The summed E-state index contributed by atoms with van der Waals surface area (Å²) in [5.41, 5.74) is 0.289. The van der Waals surface area contributed by atoms with Gasteiger partial charge in [-0.25, -0.2) is 8.78 Å². The molecule has 27 heavy (non-hydrogen) atoms. The highest BCUT2D eigenvalue weighted by atomic mass is 19.1. The number of carbonyl (C=O) groups excluding carboxylic acids is 1. The topological polar surface area (TPSA) is 75.5 Å². The molecule has 142 valence electrons. The summed E-state index contributed by atoms with van der Waals surface area (Å²) in [6.07, 6.45) is 1.90. The summed E-state index contributed by atoms with van der Waals surface area (Å²) in [4.78, 5) is 25.3. The quantitative estimate of drug-likeness (QED) is 0.636. The Morgan fingerprint density at radius 1 is 1.15 bits per heavy atom. The lowest BCUT2D eigenvalue weighted by atomic mass is 9.98. The van der Waals surface area contributed by atoms with E-state index in [1.54, 1.807) is 6.07 Å². The zero-order valence-corrected chi connectivity index (χ0v) is 14.7. The van der Waals surface area contributed by atoms with E-state index in [-0.39, 0.29) is 16.9 Å². The molecule has 0 bridgehead atoms. The summed E-state index contributed by atoms with van der Waals surface area (Å²) < 4.78 is 26.5. The second-order valence-electron chi connectivity index (χ2n) is 6.74. The van der Waals surface area contributed by atoms with Crippen molar-refractivity contribution in [1.29, 1.82) is 0 Å². The molecule has 1 aliphatic rings. The molecule has 0 radical (unpaired) electrons. The molecular formula is C19H19F2N3O3. The normalized spacial score (nSPS) is 14.9. The van der Waals surface area contributed by atoms with Crippen molar-refractivity contribution in [2.45, 2.75) is 19.8 Å². The summed E-state index contributed by atoms with van der Waals surface area (Å²) in [5.74, 6) is -1.75. The van der Waals surface area contributed by atoms with Crippen molar-refractivity contribution in [3.63, 3.8) is 0 Å². The smallest absolute Gasteiger partial charge is 0.293 e. The second-order valence-corrected chi connectivity index (χ2v) is 6.74. The Kier molecular flexibility index (Phi) is 5.34. The Morgan fingerprint density at radius 3 is 2.37 bits per heavy atom. The molecule has 1 fully saturated rings. The predicted molar refractivity (Wildman–Crippen MR) is 98.0 cm³/mol. The van der Waals surface area contributed by atoms with Gasteiger partial charge in [-0.3, -0.25) is 14.9 Å². The number of benzene rings is 2. The minimum Gasteiger partial charge on any atom is -0.366 e. The molecule has 2 aromatic carbocycles. The van der Waals surface area contributed by atoms with Crippen molar-refractivity contribution in [3.8, 4) is 0 Å². The largest absolute Gasteiger partial charge is 0.366 e. The van der Waals surface area contributed by atoms with Crippen LogP contribution in [0.3, 0.4) is 0 Å². The molecule has 3 rings (SSSR count). The van der Waals surface area contributed by atoms with E-state index in [1.165, 1.54) is 12.1 Å². The highest BCUT2D eigenvalue weighted by Gasteiger charge is 2.24. The van der Waals surface area contributed by atoms with Crippen LogP contribution in [0.15, 0.2) is 36.4 Å². The van der Waals surface area contributed by atoms with Crippen molar-refractivity contribution in [2.24, 2.45) is 5.92 Å². The molecule has 1 heterocycles. The summed E-state index contributed by atoms with van der Waals surface area (Å²) in [7, 11) is 0. The molecule has 8 heteroatoms. The van der Waals surface area contributed by atoms with Gasteiger partial charge in [0.05, 0.1) is 4.92 Å². The van der Waals surface area contributed by atoms with Crippen LogP contribution in [0.1, 0.15) is 30.1 Å². The maximum absolute atomic E-state index is 13.3. The van der Waals surface area contributed by atoms with E-state index in [9.17, 15) is 23.7 Å². The monoisotopic (exact) mass is 375 g/mol. The summed E-state index contributed by atoms with van der Waals surface area (Å²) in [5, 5.41) is 13.9. The number of hydrogen-bond acceptors (Lipinski definition) is 4. The van der Waals surface area contributed by atoms with Gasteiger partial charge in [-0.05, 0) is 43.0 Å². The number of anilines is 2. The SMILES string of the molecule is CC1CCN(c2ccc(C(=O)Nc3cc(F)cc(F)c3)cc2[N+](=O)[O-])CC1. The minimum atomic E-state index is -0.828. The molecule has 0 atom stereocenters. The van der Waals surface area contributed by atoms with Crippen LogP contribution in [0.4, 0.5) is 25.8 Å². The van der Waals surface area contributed by atoms with Gasteiger partial charge in [0.15, 0.2) is 0 Å². The lowest BCUT2D eigenvalue weighted by molar-refractivity contribution is -0.384. The molecule has 2 aromatic rings. The fourth-order valence-corrected chi connectivity index (χ4v) is 3.16. The number of carbonyl (C=O) groups is 1. The maximum Gasteiger partial charge on any atom is 0.293 e. The molecule has 1 aliphatic heterocycles. The van der Waals surface area contributed by atoms with E-state index in [1.807, 2.05) is 4.90 Å². The number of nitro benzene ring substituents is 1. The van der Waals surface area contributed by atoms with Crippen molar-refractivity contribution < 1.29 is 18.5 Å². The molecule has 1 saturated heterocycles. The van der Waals surface area contributed by atoms with E-state index in [2.05, 4.69) is 12.2 Å². The third-order valence-electron chi connectivity index (χ3n) is 4.68. The van der Waals surface area contributed by atoms with Crippen molar-refractivity contribution in [1.82, 2.24) is 0 Å². The molecule has 0 spiro atoms. The van der Waals surface area contributed by atoms with Gasteiger partial charge in [0.1, 0.15) is 17.3 Å². The van der Waals surface area contributed by atoms with Crippen molar-refractivity contribution >= 4 is 23.0 Å². The summed E-state index contributed by atoms with van der Waals surface area (Å²) in [6.45, 7) is 3.58. The number of nitrogens with zero attached hydrogens (tertiary/aromatic N) is 2. The van der Waals surface area contributed by atoms with Gasteiger partial charge >= 0.3 is 0 Å². The number of nitrogens with one attached hydrogen (secondary N) is 1. The lowest BCUT2D eigenvalue weighted by Crippen LogP contribution is -2.33. The number of amides is 1. The van der Waals surface area contributed by atoms with Crippen LogP contribution in [0, 0.1) is 27.7 Å². The number of nitro groups is 1. The molecule has 0 aliphatic carbocycles. The molecule has 1 amide bonds. The Hall–Kier alpha value is -3.03. The first kappa shape index (κ1) is 18.8. The van der Waals surface area contributed by atoms with Crippen LogP contribution in [0.5, 0.6) is 0 Å². The van der Waals surface area contributed by atoms with Crippen LogP contribution < -0.4 is 10.2 Å². The molecule has 0 saturated carbocycles. The van der Waals surface area contributed by atoms with Gasteiger partial charge in [0.2, 0.25) is 0 Å². The third-order valence-corrected chi connectivity index (χ3v) is 4.68. The average Bonchev–Trinajstić information content (AvgIpc) is 2.61. The first-order valence-electron chi connectivity index (χ1n) is 8.64. The van der Waals surface area contributed by atoms with Gasteiger partial charge in [-0.2, -0.15) is 0 Å². The zero-order chi connectivity index (χ0) is 19.6. The third kappa shape index (κ3) is 4.39. The zero-order valence-electron chi connectivity index (χ0n) is 14.7. The number of halogens is 2. The van der Waals surface area contributed by atoms with E-state index >= 15 is 0 Å². The Bertz CT molecular complexity index is 860. The first-order chi connectivity index (χ1) is 12.8. The number of hydrogen-bond donors (Lipinski definition) is 1. The first-order valence-corrected chi connectivity index (χ1v) is 8.64. The molecule has 6 nitrogen and oxygen atoms in total. The molecule has 0 unspecified atom stereocenters. The average molecular weight is 375 g/mol. The second kappa shape index (κ2) is 7.69. The van der Waals surface area contributed by atoms with Crippen LogP contribution in [-0.4, -0.2) is 23.9 Å². The van der Waals surface area contributed by atoms with Gasteiger partial charge < -0.3 is 10.2 Å². The molecular weight excluding hydrogens is 356 g/mol. The molecule has 0 aromatic heterocycles.